The zero-order valence-electron chi connectivity index (χ0n) is 10.8. The van der Waals surface area contributed by atoms with Gasteiger partial charge in [0.2, 0.25) is 5.91 Å². The van der Waals surface area contributed by atoms with Crippen molar-refractivity contribution in [2.75, 3.05) is 0 Å². The standard InChI is InChI=1S/C15H14N2OS2/c18-14(16-10-11-4-3-9-19-11)7-8-15-17-12-5-1-2-6-13(12)20-15/h1-6,9H,7-8,10H2,(H,16,18). The van der Waals surface area contributed by atoms with Crippen LogP contribution in [0.1, 0.15) is 16.3 Å². The van der Waals surface area contributed by atoms with E-state index in [2.05, 4.69) is 16.4 Å². The van der Waals surface area contributed by atoms with Crippen molar-refractivity contribution < 1.29 is 4.79 Å². The van der Waals surface area contributed by atoms with E-state index in [1.807, 2.05) is 35.7 Å². The lowest BCUT2D eigenvalue weighted by Crippen LogP contribution is -2.22. The Balaban J connectivity index is 1.52. The van der Waals surface area contributed by atoms with Gasteiger partial charge < -0.3 is 5.32 Å². The van der Waals surface area contributed by atoms with Gasteiger partial charge in [-0.1, -0.05) is 18.2 Å². The van der Waals surface area contributed by atoms with Gasteiger partial charge in [-0.15, -0.1) is 22.7 Å². The molecular formula is C15H14N2OS2. The molecule has 2 heterocycles. The van der Waals surface area contributed by atoms with E-state index >= 15 is 0 Å². The first-order valence-corrected chi connectivity index (χ1v) is 8.14. The third-order valence-electron chi connectivity index (χ3n) is 2.94. The normalized spacial score (nSPS) is 10.8. The Kier molecular flexibility index (Phi) is 4.08. The molecule has 3 aromatic rings. The predicted octanol–water partition coefficient (Wildman–Crippen LogP) is 3.61. The van der Waals surface area contributed by atoms with Crippen LogP contribution < -0.4 is 5.32 Å². The number of carbonyl (C=O) groups excluding carboxylic acids is 1. The molecule has 1 amide bonds. The van der Waals surface area contributed by atoms with Crippen molar-refractivity contribution in [1.29, 1.82) is 0 Å². The molecule has 20 heavy (non-hydrogen) atoms. The number of thiophene rings is 1. The summed E-state index contributed by atoms with van der Waals surface area (Å²) in [5.41, 5.74) is 1.02. The van der Waals surface area contributed by atoms with Crippen LogP contribution in [0.5, 0.6) is 0 Å². The van der Waals surface area contributed by atoms with Crippen molar-refractivity contribution in [2.24, 2.45) is 0 Å². The SMILES string of the molecule is O=C(CCc1nc2ccccc2s1)NCc1cccs1. The van der Waals surface area contributed by atoms with E-state index in [0.29, 0.717) is 19.4 Å². The summed E-state index contributed by atoms with van der Waals surface area (Å²) in [4.78, 5) is 17.5. The Morgan fingerprint density at radius 2 is 2.10 bits per heavy atom. The van der Waals surface area contributed by atoms with Crippen molar-refractivity contribution in [1.82, 2.24) is 10.3 Å². The minimum Gasteiger partial charge on any atom is -0.351 e. The molecule has 0 radical (unpaired) electrons. The largest absolute Gasteiger partial charge is 0.351 e. The molecule has 0 aliphatic carbocycles. The van der Waals surface area contributed by atoms with Gasteiger partial charge in [0.1, 0.15) is 0 Å². The molecule has 0 atom stereocenters. The third kappa shape index (κ3) is 3.23. The number of nitrogens with one attached hydrogen (secondary N) is 1. The molecule has 0 unspecified atom stereocenters. The molecule has 3 nitrogen and oxygen atoms in total. The molecule has 0 fully saturated rings. The fourth-order valence-corrected chi connectivity index (χ4v) is 3.55. The second-order valence-corrected chi connectivity index (χ2v) is 6.58. The Morgan fingerprint density at radius 3 is 2.90 bits per heavy atom. The predicted molar refractivity (Wildman–Crippen MR) is 84.1 cm³/mol. The number of para-hydroxylation sites is 1. The molecule has 0 aliphatic heterocycles. The summed E-state index contributed by atoms with van der Waals surface area (Å²) in [5, 5.41) is 5.98. The van der Waals surface area contributed by atoms with E-state index < -0.39 is 0 Å². The molecular weight excluding hydrogens is 288 g/mol. The van der Waals surface area contributed by atoms with Crippen LogP contribution in [0.3, 0.4) is 0 Å². The molecule has 5 heteroatoms. The summed E-state index contributed by atoms with van der Waals surface area (Å²) in [5.74, 6) is 0.0812. The van der Waals surface area contributed by atoms with E-state index in [9.17, 15) is 4.79 Å². The first-order valence-electron chi connectivity index (χ1n) is 6.45. The summed E-state index contributed by atoms with van der Waals surface area (Å²) in [6.45, 7) is 0.621. The zero-order valence-corrected chi connectivity index (χ0v) is 12.5. The van der Waals surface area contributed by atoms with Crippen LogP contribution in [-0.4, -0.2) is 10.9 Å². The monoisotopic (exact) mass is 302 g/mol. The maximum atomic E-state index is 11.8. The Morgan fingerprint density at radius 1 is 1.20 bits per heavy atom. The van der Waals surface area contributed by atoms with Crippen molar-refractivity contribution in [2.45, 2.75) is 19.4 Å². The maximum absolute atomic E-state index is 11.8. The van der Waals surface area contributed by atoms with Crippen molar-refractivity contribution in [3.63, 3.8) is 0 Å². The second kappa shape index (κ2) is 6.15. The number of fused-ring (bicyclic) bond motifs is 1. The van der Waals surface area contributed by atoms with Crippen LogP contribution in [-0.2, 0) is 17.8 Å². The number of rotatable bonds is 5. The fraction of sp³-hybridized carbons (Fsp3) is 0.200. The maximum Gasteiger partial charge on any atom is 0.220 e. The number of carbonyl (C=O) groups is 1. The molecule has 0 saturated carbocycles. The summed E-state index contributed by atoms with van der Waals surface area (Å²) in [7, 11) is 0. The minimum absolute atomic E-state index is 0.0812. The quantitative estimate of drug-likeness (QED) is 0.782. The number of nitrogens with zero attached hydrogens (tertiary/aromatic N) is 1. The van der Waals surface area contributed by atoms with Gasteiger partial charge in [-0.3, -0.25) is 4.79 Å². The smallest absolute Gasteiger partial charge is 0.220 e. The van der Waals surface area contributed by atoms with E-state index in [-0.39, 0.29) is 5.91 Å². The van der Waals surface area contributed by atoms with E-state index in [0.717, 1.165) is 10.5 Å². The average molecular weight is 302 g/mol. The highest BCUT2D eigenvalue weighted by atomic mass is 32.1. The average Bonchev–Trinajstić information content (AvgIpc) is 3.11. The van der Waals surface area contributed by atoms with Gasteiger partial charge in [-0.25, -0.2) is 4.98 Å². The molecule has 0 saturated heterocycles. The van der Waals surface area contributed by atoms with E-state index in [1.165, 1.54) is 9.58 Å². The molecule has 102 valence electrons. The second-order valence-electron chi connectivity index (χ2n) is 4.43. The number of hydrogen-bond acceptors (Lipinski definition) is 4. The minimum atomic E-state index is 0.0812. The Bertz CT molecular complexity index is 671. The number of aromatic nitrogens is 1. The van der Waals surface area contributed by atoms with Crippen molar-refractivity contribution in [3.8, 4) is 0 Å². The Labute approximate surface area is 125 Å². The molecule has 1 aromatic carbocycles. The number of amides is 1. The molecule has 0 spiro atoms. The number of benzene rings is 1. The van der Waals surface area contributed by atoms with Crippen LogP contribution in [0.25, 0.3) is 10.2 Å². The zero-order chi connectivity index (χ0) is 13.8. The lowest BCUT2D eigenvalue weighted by Gasteiger charge is -2.02. The molecule has 1 N–H and O–H groups in total. The fourth-order valence-electron chi connectivity index (χ4n) is 1.93. The number of aryl methyl sites for hydroxylation is 1. The molecule has 0 aliphatic rings. The van der Waals surface area contributed by atoms with E-state index in [4.69, 9.17) is 0 Å². The molecule has 2 aromatic heterocycles. The van der Waals surface area contributed by atoms with Gasteiger partial charge in [-0.05, 0) is 23.6 Å². The Hall–Kier alpha value is -1.72. The van der Waals surface area contributed by atoms with Crippen LogP contribution in [0.4, 0.5) is 0 Å². The van der Waals surface area contributed by atoms with Crippen LogP contribution in [0.2, 0.25) is 0 Å². The highest BCUT2D eigenvalue weighted by molar-refractivity contribution is 7.18. The highest BCUT2D eigenvalue weighted by Crippen LogP contribution is 2.22. The lowest BCUT2D eigenvalue weighted by atomic mass is 10.3. The first kappa shape index (κ1) is 13.3. The van der Waals surface area contributed by atoms with E-state index in [1.54, 1.807) is 22.7 Å². The van der Waals surface area contributed by atoms with Gasteiger partial charge in [0.15, 0.2) is 0 Å². The van der Waals surface area contributed by atoms with Crippen LogP contribution in [0, 0.1) is 0 Å². The van der Waals surface area contributed by atoms with Crippen molar-refractivity contribution >= 4 is 38.8 Å². The first-order chi connectivity index (χ1) is 9.81. The van der Waals surface area contributed by atoms with Crippen molar-refractivity contribution in [3.05, 3.63) is 51.7 Å². The van der Waals surface area contributed by atoms with Gasteiger partial charge in [0, 0.05) is 17.7 Å². The summed E-state index contributed by atoms with van der Waals surface area (Å²) in [6, 6.07) is 12.1. The summed E-state index contributed by atoms with van der Waals surface area (Å²) in [6.07, 6.45) is 1.20. The molecule has 3 rings (SSSR count). The summed E-state index contributed by atoms with van der Waals surface area (Å²) >= 11 is 3.32. The van der Waals surface area contributed by atoms with Gasteiger partial charge in [-0.2, -0.15) is 0 Å². The van der Waals surface area contributed by atoms with Crippen LogP contribution >= 0.6 is 22.7 Å². The summed E-state index contributed by atoms with van der Waals surface area (Å²) < 4.78 is 1.18. The number of thiazole rings is 1. The van der Waals surface area contributed by atoms with Gasteiger partial charge in [0.05, 0.1) is 21.8 Å². The highest BCUT2D eigenvalue weighted by Gasteiger charge is 2.07. The molecule has 0 bridgehead atoms. The lowest BCUT2D eigenvalue weighted by molar-refractivity contribution is -0.121. The topological polar surface area (TPSA) is 42.0 Å². The third-order valence-corrected chi connectivity index (χ3v) is 4.92. The van der Waals surface area contributed by atoms with Gasteiger partial charge in [0.25, 0.3) is 0 Å². The van der Waals surface area contributed by atoms with Gasteiger partial charge >= 0.3 is 0 Å². The number of hydrogen-bond donors (Lipinski definition) is 1. The van der Waals surface area contributed by atoms with Crippen LogP contribution in [0.15, 0.2) is 41.8 Å².